The Balaban J connectivity index is 1.98. The van der Waals surface area contributed by atoms with E-state index in [4.69, 9.17) is 16.3 Å². The van der Waals surface area contributed by atoms with E-state index in [-0.39, 0.29) is 5.28 Å². The monoisotopic (exact) mass is 360 g/mol. The van der Waals surface area contributed by atoms with E-state index in [1.54, 1.807) is 6.20 Å². The highest BCUT2D eigenvalue weighted by molar-refractivity contribution is 6.28. The van der Waals surface area contributed by atoms with Crippen molar-refractivity contribution < 1.29 is 4.74 Å². The van der Waals surface area contributed by atoms with Crippen LogP contribution in [0.25, 0.3) is 11.0 Å². The lowest BCUT2D eigenvalue weighted by Crippen LogP contribution is -2.10. The molecule has 0 aliphatic rings. The molecule has 0 atom stereocenters. The van der Waals surface area contributed by atoms with E-state index in [2.05, 4.69) is 32.3 Å². The Hall–Kier alpha value is -2.25. The first-order valence-electron chi connectivity index (χ1n) is 8.26. The third-order valence-electron chi connectivity index (χ3n) is 3.69. The number of halogens is 1. The third kappa shape index (κ3) is 4.05. The molecule has 3 rings (SSSR count). The van der Waals surface area contributed by atoms with Crippen molar-refractivity contribution in [2.24, 2.45) is 0 Å². The second-order valence-corrected chi connectivity index (χ2v) is 6.14. The lowest BCUT2D eigenvalue weighted by molar-refractivity contribution is 0.125. The fourth-order valence-electron chi connectivity index (χ4n) is 2.57. The average molecular weight is 361 g/mol. The molecule has 3 aromatic heterocycles. The third-order valence-corrected chi connectivity index (χ3v) is 3.86. The van der Waals surface area contributed by atoms with Crippen LogP contribution in [0.2, 0.25) is 5.28 Å². The van der Waals surface area contributed by atoms with Crippen molar-refractivity contribution in [3.8, 4) is 0 Å². The SMILES string of the molecule is CCCOCCn1nc(C)c2nc(Cl)nc(Nc3cc(C)ccn3)c21. The summed E-state index contributed by atoms with van der Waals surface area (Å²) in [5, 5.41) is 7.97. The fourth-order valence-corrected chi connectivity index (χ4v) is 2.74. The number of rotatable bonds is 7. The van der Waals surface area contributed by atoms with Gasteiger partial charge in [-0.3, -0.25) is 4.68 Å². The molecule has 1 N–H and O–H groups in total. The van der Waals surface area contributed by atoms with Gasteiger partial charge < -0.3 is 10.1 Å². The molecule has 0 bridgehead atoms. The molecule has 7 nitrogen and oxygen atoms in total. The van der Waals surface area contributed by atoms with Crippen molar-refractivity contribution in [3.05, 3.63) is 34.9 Å². The zero-order chi connectivity index (χ0) is 17.8. The molecule has 0 saturated carbocycles. The van der Waals surface area contributed by atoms with Gasteiger partial charge in [0.15, 0.2) is 5.82 Å². The summed E-state index contributed by atoms with van der Waals surface area (Å²) in [6, 6.07) is 3.88. The Bertz CT molecular complexity index is 879. The summed E-state index contributed by atoms with van der Waals surface area (Å²) < 4.78 is 7.44. The summed E-state index contributed by atoms with van der Waals surface area (Å²) in [6.07, 6.45) is 2.74. The Kier molecular flexibility index (Phi) is 5.45. The molecule has 8 heteroatoms. The maximum Gasteiger partial charge on any atom is 0.225 e. The summed E-state index contributed by atoms with van der Waals surface area (Å²) in [5.74, 6) is 1.29. The van der Waals surface area contributed by atoms with Crippen molar-refractivity contribution in [3.63, 3.8) is 0 Å². The number of fused-ring (bicyclic) bond motifs is 1. The average Bonchev–Trinajstić information content (AvgIpc) is 2.88. The number of anilines is 2. The predicted molar refractivity (Wildman–Crippen MR) is 98.4 cm³/mol. The van der Waals surface area contributed by atoms with Gasteiger partial charge in [0.2, 0.25) is 5.28 Å². The van der Waals surface area contributed by atoms with Gasteiger partial charge in [0.1, 0.15) is 16.9 Å². The van der Waals surface area contributed by atoms with Crippen molar-refractivity contribution in [1.82, 2.24) is 24.7 Å². The summed E-state index contributed by atoms with van der Waals surface area (Å²) in [7, 11) is 0. The lowest BCUT2D eigenvalue weighted by atomic mass is 10.3. The normalized spacial score (nSPS) is 11.2. The number of pyridine rings is 1. The number of hydrogen-bond donors (Lipinski definition) is 1. The maximum atomic E-state index is 6.10. The Labute approximate surface area is 151 Å². The molecule has 0 radical (unpaired) electrons. The van der Waals surface area contributed by atoms with Gasteiger partial charge in [-0.2, -0.15) is 10.1 Å². The highest BCUT2D eigenvalue weighted by Crippen LogP contribution is 2.27. The van der Waals surface area contributed by atoms with E-state index < -0.39 is 0 Å². The zero-order valence-corrected chi connectivity index (χ0v) is 15.3. The number of hydrogen-bond acceptors (Lipinski definition) is 6. The van der Waals surface area contributed by atoms with Crippen LogP contribution < -0.4 is 5.32 Å². The van der Waals surface area contributed by atoms with Crippen molar-refractivity contribution >= 4 is 34.3 Å². The minimum absolute atomic E-state index is 0.174. The van der Waals surface area contributed by atoms with Gasteiger partial charge >= 0.3 is 0 Å². The Morgan fingerprint density at radius 3 is 2.84 bits per heavy atom. The van der Waals surface area contributed by atoms with Crippen LogP contribution >= 0.6 is 11.6 Å². The van der Waals surface area contributed by atoms with E-state index in [9.17, 15) is 0 Å². The van der Waals surface area contributed by atoms with Crippen LogP contribution in [0.3, 0.4) is 0 Å². The van der Waals surface area contributed by atoms with Gasteiger partial charge in [0, 0.05) is 12.8 Å². The van der Waals surface area contributed by atoms with E-state index in [1.807, 2.05) is 30.7 Å². The molecular weight excluding hydrogens is 340 g/mol. The molecule has 132 valence electrons. The van der Waals surface area contributed by atoms with Gasteiger partial charge in [-0.15, -0.1) is 0 Å². The van der Waals surface area contributed by atoms with Crippen LogP contribution in [0.4, 0.5) is 11.6 Å². The van der Waals surface area contributed by atoms with Gasteiger partial charge in [-0.05, 0) is 49.6 Å². The van der Waals surface area contributed by atoms with Crippen molar-refractivity contribution in [2.45, 2.75) is 33.7 Å². The molecule has 3 aromatic rings. The topological polar surface area (TPSA) is 77.8 Å². The number of ether oxygens (including phenoxy) is 1. The first-order chi connectivity index (χ1) is 12.1. The molecule has 0 spiro atoms. The second-order valence-electron chi connectivity index (χ2n) is 5.80. The number of nitrogens with zero attached hydrogens (tertiary/aromatic N) is 5. The summed E-state index contributed by atoms with van der Waals surface area (Å²) in [4.78, 5) is 13.0. The van der Waals surface area contributed by atoms with Crippen molar-refractivity contribution in [1.29, 1.82) is 0 Å². The maximum absolute atomic E-state index is 6.10. The van der Waals surface area contributed by atoms with Crippen LogP contribution in [-0.2, 0) is 11.3 Å². The van der Waals surface area contributed by atoms with Crippen LogP contribution in [0, 0.1) is 13.8 Å². The van der Waals surface area contributed by atoms with Crippen molar-refractivity contribution in [2.75, 3.05) is 18.5 Å². The van der Waals surface area contributed by atoms with E-state index >= 15 is 0 Å². The van der Waals surface area contributed by atoms with Crippen LogP contribution in [-0.4, -0.2) is 37.9 Å². The van der Waals surface area contributed by atoms with Gasteiger partial charge in [-0.25, -0.2) is 9.97 Å². The van der Waals surface area contributed by atoms with Crippen LogP contribution in [0.5, 0.6) is 0 Å². The summed E-state index contributed by atoms with van der Waals surface area (Å²) in [6.45, 7) is 7.93. The fraction of sp³-hybridized carbons (Fsp3) is 0.412. The lowest BCUT2D eigenvalue weighted by Gasteiger charge is -2.10. The zero-order valence-electron chi connectivity index (χ0n) is 14.6. The first-order valence-corrected chi connectivity index (χ1v) is 8.64. The Morgan fingerprint density at radius 1 is 1.24 bits per heavy atom. The number of aromatic nitrogens is 5. The number of nitrogens with one attached hydrogen (secondary N) is 1. The quantitative estimate of drug-likeness (QED) is 0.511. The Morgan fingerprint density at radius 2 is 2.08 bits per heavy atom. The largest absolute Gasteiger partial charge is 0.380 e. The first kappa shape index (κ1) is 17.6. The number of aryl methyl sites for hydroxylation is 2. The highest BCUT2D eigenvalue weighted by Gasteiger charge is 2.16. The van der Waals surface area contributed by atoms with E-state index in [0.717, 1.165) is 35.3 Å². The standard InChI is InChI=1S/C17H21ClN6O/c1-4-8-25-9-7-24-15-14(12(3)23-24)21-17(18)22-16(15)20-13-10-11(2)5-6-19-13/h5-6,10H,4,7-9H2,1-3H3,(H,19,20,21,22). The van der Waals surface area contributed by atoms with E-state index in [1.165, 1.54) is 0 Å². The molecule has 0 unspecified atom stereocenters. The minimum Gasteiger partial charge on any atom is -0.380 e. The smallest absolute Gasteiger partial charge is 0.225 e. The molecule has 3 heterocycles. The van der Waals surface area contributed by atoms with Gasteiger partial charge in [0.25, 0.3) is 0 Å². The van der Waals surface area contributed by atoms with Gasteiger partial charge in [-0.1, -0.05) is 6.92 Å². The molecule has 0 amide bonds. The minimum atomic E-state index is 0.174. The molecule has 0 aliphatic carbocycles. The molecule has 0 aliphatic heterocycles. The highest BCUT2D eigenvalue weighted by atomic mass is 35.5. The molecular formula is C17H21ClN6O. The molecule has 0 saturated heterocycles. The molecule has 0 fully saturated rings. The second kappa shape index (κ2) is 7.76. The van der Waals surface area contributed by atoms with E-state index in [0.29, 0.717) is 24.8 Å². The molecule has 25 heavy (non-hydrogen) atoms. The summed E-state index contributed by atoms with van der Waals surface area (Å²) in [5.41, 5.74) is 3.43. The summed E-state index contributed by atoms with van der Waals surface area (Å²) >= 11 is 6.10. The van der Waals surface area contributed by atoms with Crippen LogP contribution in [0.15, 0.2) is 18.3 Å². The predicted octanol–water partition coefficient (Wildman–Crippen LogP) is 3.66. The molecule has 0 aromatic carbocycles. The van der Waals surface area contributed by atoms with Crippen LogP contribution in [0.1, 0.15) is 24.6 Å². The van der Waals surface area contributed by atoms with Gasteiger partial charge in [0.05, 0.1) is 18.8 Å².